The molecule has 1 aromatic rings. The molecular formula is C18H24Si. The molecule has 0 fully saturated rings. The number of hydrogen-bond acceptors (Lipinski definition) is 0. The molecule has 0 saturated heterocycles. The predicted octanol–water partition coefficient (Wildman–Crippen LogP) is 5.43. The Hall–Kier alpha value is -1.60. The minimum Gasteiger partial charge on any atom is -0.107 e. The van der Waals surface area contributed by atoms with Crippen LogP contribution in [-0.2, 0) is 6.42 Å². The molecule has 1 aromatic carbocycles. The molecule has 0 radical (unpaired) electrons. The number of aryl methyl sites for hydroxylation is 1. The fourth-order valence-corrected chi connectivity index (χ4v) is 2.45. The van der Waals surface area contributed by atoms with Crippen molar-refractivity contribution in [2.45, 2.75) is 26.4 Å². The van der Waals surface area contributed by atoms with Gasteiger partial charge in [-0.25, -0.2) is 0 Å². The molecule has 0 amide bonds. The monoisotopic (exact) mass is 268 g/mol. The van der Waals surface area contributed by atoms with Gasteiger partial charge in [0.25, 0.3) is 0 Å². The zero-order valence-corrected chi connectivity index (χ0v) is 13.3. The second kappa shape index (κ2) is 7.10. The third-order valence-corrected chi connectivity index (χ3v) is 5.24. The van der Waals surface area contributed by atoms with Crippen LogP contribution in [0.25, 0.3) is 12.2 Å². The highest BCUT2D eigenvalue weighted by Gasteiger charge is 2.08. The Kier molecular flexibility index (Phi) is 5.78. The molecule has 1 heteroatoms. The lowest BCUT2D eigenvalue weighted by Gasteiger charge is -2.08. The van der Waals surface area contributed by atoms with Crippen molar-refractivity contribution in [2.24, 2.45) is 0 Å². The van der Waals surface area contributed by atoms with Gasteiger partial charge in [0.05, 0.1) is 8.07 Å². The molecule has 0 nitrogen and oxygen atoms in total. The van der Waals surface area contributed by atoms with Crippen LogP contribution in [0.3, 0.4) is 0 Å². The zero-order valence-electron chi connectivity index (χ0n) is 12.3. The average Bonchev–Trinajstić information content (AvgIpc) is 2.43. The first-order valence-electron chi connectivity index (χ1n) is 6.76. The fraction of sp³-hybridized carbons (Fsp3) is 0.222. The normalized spacial score (nSPS) is 12.2. The molecule has 0 bridgehead atoms. The summed E-state index contributed by atoms with van der Waals surface area (Å²) in [4.78, 5) is 0. The van der Waals surface area contributed by atoms with E-state index in [0.717, 1.165) is 6.42 Å². The Bertz CT molecular complexity index is 504. The van der Waals surface area contributed by atoms with Gasteiger partial charge in [-0.1, -0.05) is 74.4 Å². The van der Waals surface area contributed by atoms with Crippen LogP contribution in [0.15, 0.2) is 54.9 Å². The van der Waals surface area contributed by atoms with Crippen molar-refractivity contribution in [3.63, 3.8) is 0 Å². The zero-order chi connectivity index (χ0) is 14.3. The highest BCUT2D eigenvalue weighted by atomic mass is 28.3. The second-order valence-corrected chi connectivity index (χ2v) is 9.69. The van der Waals surface area contributed by atoms with Crippen LogP contribution in [0.4, 0.5) is 0 Å². The maximum absolute atomic E-state index is 3.89. The molecule has 0 N–H and O–H groups in total. The van der Waals surface area contributed by atoms with Gasteiger partial charge in [-0.2, -0.15) is 0 Å². The summed E-state index contributed by atoms with van der Waals surface area (Å²) in [5.41, 5.74) is 8.14. The van der Waals surface area contributed by atoms with Gasteiger partial charge in [0.1, 0.15) is 0 Å². The fourth-order valence-electron chi connectivity index (χ4n) is 1.70. The van der Waals surface area contributed by atoms with Crippen molar-refractivity contribution in [1.29, 1.82) is 0 Å². The van der Waals surface area contributed by atoms with E-state index >= 15 is 0 Å². The van der Waals surface area contributed by atoms with E-state index in [4.69, 9.17) is 0 Å². The molecule has 0 spiro atoms. The van der Waals surface area contributed by atoms with Crippen LogP contribution in [0.2, 0.25) is 13.1 Å². The van der Waals surface area contributed by atoms with Gasteiger partial charge in [-0.05, 0) is 29.2 Å². The molecule has 0 aliphatic carbocycles. The smallest absolute Gasteiger partial charge is 0.0948 e. The molecule has 0 heterocycles. The van der Waals surface area contributed by atoms with Gasteiger partial charge in [0, 0.05) is 0 Å². The van der Waals surface area contributed by atoms with E-state index in [-0.39, 0.29) is 0 Å². The minimum atomic E-state index is -1.34. The lowest BCUT2D eigenvalue weighted by Crippen LogP contribution is -2.17. The van der Waals surface area contributed by atoms with Crippen molar-refractivity contribution < 1.29 is 0 Å². The van der Waals surface area contributed by atoms with Crippen LogP contribution in [0.5, 0.6) is 0 Å². The summed E-state index contributed by atoms with van der Waals surface area (Å²) in [5.74, 6) is 0. The van der Waals surface area contributed by atoms with E-state index in [1.807, 2.05) is 6.08 Å². The number of allylic oxidation sites excluding steroid dienone is 2. The van der Waals surface area contributed by atoms with E-state index in [1.165, 1.54) is 16.7 Å². The first-order valence-corrected chi connectivity index (χ1v) is 9.92. The van der Waals surface area contributed by atoms with Crippen LogP contribution in [0.1, 0.15) is 23.6 Å². The quantitative estimate of drug-likeness (QED) is 0.476. The third kappa shape index (κ3) is 5.27. The van der Waals surface area contributed by atoms with Gasteiger partial charge < -0.3 is 0 Å². The second-order valence-electron chi connectivity index (χ2n) is 5.31. The highest BCUT2D eigenvalue weighted by molar-refractivity contribution is 6.86. The average molecular weight is 268 g/mol. The van der Waals surface area contributed by atoms with Gasteiger partial charge in [0.15, 0.2) is 0 Å². The van der Waals surface area contributed by atoms with Crippen molar-refractivity contribution in [1.82, 2.24) is 0 Å². The van der Waals surface area contributed by atoms with Crippen molar-refractivity contribution in [3.8, 4) is 0 Å². The molecule has 0 saturated carbocycles. The minimum absolute atomic E-state index is 1.05. The first kappa shape index (κ1) is 15.5. The lowest BCUT2D eigenvalue weighted by atomic mass is 10.0. The number of hydrogen-bond donors (Lipinski definition) is 0. The van der Waals surface area contributed by atoms with E-state index in [2.05, 4.69) is 81.0 Å². The Morgan fingerprint density at radius 3 is 2.32 bits per heavy atom. The molecule has 0 aliphatic rings. The molecule has 100 valence electrons. The standard InChI is InChI=1S/C18H24Si/c1-6-16-13-17(7-2)15-18(14-16)11-9-10-12-19(4,5)8-3/h6,8-15H,1,3,7H2,2,4-5H3/b11-9+,12-10+. The van der Waals surface area contributed by atoms with Crippen molar-refractivity contribution in [2.75, 3.05) is 0 Å². The molecule has 0 aromatic heterocycles. The van der Waals surface area contributed by atoms with Crippen molar-refractivity contribution in [3.05, 3.63) is 71.6 Å². The highest BCUT2D eigenvalue weighted by Crippen LogP contribution is 2.14. The topological polar surface area (TPSA) is 0 Å². The Morgan fingerprint density at radius 1 is 1.05 bits per heavy atom. The number of rotatable bonds is 6. The molecule has 1 rings (SSSR count). The van der Waals surface area contributed by atoms with E-state index in [1.54, 1.807) is 0 Å². The Balaban J connectivity index is 2.87. The van der Waals surface area contributed by atoms with E-state index in [9.17, 15) is 0 Å². The lowest BCUT2D eigenvalue weighted by molar-refractivity contribution is 1.14. The molecule has 0 atom stereocenters. The summed E-state index contributed by atoms with van der Waals surface area (Å²) >= 11 is 0. The maximum Gasteiger partial charge on any atom is 0.0948 e. The Morgan fingerprint density at radius 2 is 1.74 bits per heavy atom. The van der Waals surface area contributed by atoms with Gasteiger partial charge >= 0.3 is 0 Å². The first-order chi connectivity index (χ1) is 9.00. The summed E-state index contributed by atoms with van der Waals surface area (Å²) in [5, 5.41) is 0. The van der Waals surface area contributed by atoms with Gasteiger partial charge in [-0.15, -0.1) is 6.58 Å². The molecule has 19 heavy (non-hydrogen) atoms. The summed E-state index contributed by atoms with van der Waals surface area (Å²) in [6, 6.07) is 6.58. The van der Waals surface area contributed by atoms with Crippen LogP contribution >= 0.6 is 0 Å². The summed E-state index contributed by atoms with van der Waals surface area (Å²) in [7, 11) is -1.34. The predicted molar refractivity (Wildman–Crippen MR) is 91.8 cm³/mol. The van der Waals surface area contributed by atoms with Crippen LogP contribution < -0.4 is 0 Å². The van der Waals surface area contributed by atoms with Crippen molar-refractivity contribution >= 4 is 20.2 Å². The summed E-state index contributed by atoms with van der Waals surface area (Å²) in [6.45, 7) is 14.5. The summed E-state index contributed by atoms with van der Waals surface area (Å²) in [6.07, 6.45) is 9.35. The SMILES string of the molecule is C=Cc1cc(/C=C/C=C/[Si](C)(C)C=C)cc(CC)c1. The molecular weight excluding hydrogens is 244 g/mol. The molecule has 0 unspecified atom stereocenters. The van der Waals surface area contributed by atoms with Crippen LogP contribution in [0, 0.1) is 0 Å². The van der Waals surface area contributed by atoms with E-state index < -0.39 is 8.07 Å². The van der Waals surface area contributed by atoms with E-state index in [0.29, 0.717) is 0 Å². The maximum atomic E-state index is 3.89. The third-order valence-electron chi connectivity index (χ3n) is 3.13. The summed E-state index contributed by atoms with van der Waals surface area (Å²) < 4.78 is 0. The molecule has 0 aliphatic heterocycles. The Labute approximate surface area is 118 Å². The van der Waals surface area contributed by atoms with Gasteiger partial charge in [-0.3, -0.25) is 0 Å². The largest absolute Gasteiger partial charge is 0.107 e. The van der Waals surface area contributed by atoms with Crippen LogP contribution in [-0.4, -0.2) is 8.07 Å². The number of benzene rings is 1. The van der Waals surface area contributed by atoms with Gasteiger partial charge in [0.2, 0.25) is 0 Å².